The molecule has 1 rings (SSSR count). The number of rotatable bonds is 8. The highest BCUT2D eigenvalue weighted by molar-refractivity contribution is 14.0. The molecule has 0 radical (unpaired) electrons. The standard InChI is InChI=1S/C15H31N3O.HI/c1-4-18(5-2)15(16)17-12-11-14(19-6-3)13-9-7-8-10-13;/h13-14H,4-12H2,1-3H3,(H2,16,17);1H. The van der Waals surface area contributed by atoms with Gasteiger partial charge in [0.15, 0.2) is 5.96 Å². The summed E-state index contributed by atoms with van der Waals surface area (Å²) in [7, 11) is 0. The number of nitrogens with zero attached hydrogens (tertiary/aromatic N) is 2. The molecule has 0 spiro atoms. The Balaban J connectivity index is 0.00000361. The number of nitrogens with two attached hydrogens (primary N) is 1. The maximum atomic E-state index is 5.99. The number of halogens is 1. The first-order valence-electron chi connectivity index (χ1n) is 7.89. The van der Waals surface area contributed by atoms with Gasteiger partial charge in [-0.25, -0.2) is 0 Å². The zero-order chi connectivity index (χ0) is 14.1. The van der Waals surface area contributed by atoms with Crippen molar-refractivity contribution in [3.63, 3.8) is 0 Å². The van der Waals surface area contributed by atoms with E-state index in [0.29, 0.717) is 12.1 Å². The molecule has 0 heterocycles. The Morgan fingerprint density at radius 1 is 1.25 bits per heavy atom. The molecule has 1 saturated carbocycles. The summed E-state index contributed by atoms with van der Waals surface area (Å²) >= 11 is 0. The van der Waals surface area contributed by atoms with Gasteiger partial charge >= 0.3 is 0 Å². The summed E-state index contributed by atoms with van der Waals surface area (Å²) in [6.45, 7) is 9.71. The summed E-state index contributed by atoms with van der Waals surface area (Å²) in [5.41, 5.74) is 5.99. The van der Waals surface area contributed by atoms with E-state index in [1.165, 1.54) is 25.7 Å². The normalized spacial score (nSPS) is 17.9. The van der Waals surface area contributed by atoms with Crippen LogP contribution in [-0.4, -0.2) is 43.2 Å². The lowest BCUT2D eigenvalue weighted by molar-refractivity contribution is 0.0177. The largest absolute Gasteiger partial charge is 0.378 e. The molecule has 0 aromatic carbocycles. The molecule has 0 aromatic heterocycles. The van der Waals surface area contributed by atoms with Crippen LogP contribution in [0.1, 0.15) is 52.9 Å². The minimum Gasteiger partial charge on any atom is -0.378 e. The Hall–Kier alpha value is -0.0400. The van der Waals surface area contributed by atoms with Crippen LogP contribution in [0.2, 0.25) is 0 Å². The van der Waals surface area contributed by atoms with E-state index in [4.69, 9.17) is 10.5 Å². The average molecular weight is 397 g/mol. The van der Waals surface area contributed by atoms with Gasteiger partial charge in [0.05, 0.1) is 6.10 Å². The Morgan fingerprint density at radius 2 is 1.85 bits per heavy atom. The lowest BCUT2D eigenvalue weighted by Crippen LogP contribution is -2.37. The summed E-state index contributed by atoms with van der Waals surface area (Å²) in [5.74, 6) is 1.41. The second-order valence-electron chi connectivity index (χ2n) is 5.24. The van der Waals surface area contributed by atoms with Gasteiger partial charge in [0.2, 0.25) is 0 Å². The highest BCUT2D eigenvalue weighted by Crippen LogP contribution is 2.30. The van der Waals surface area contributed by atoms with E-state index >= 15 is 0 Å². The maximum absolute atomic E-state index is 5.99. The fourth-order valence-corrected chi connectivity index (χ4v) is 2.95. The molecule has 1 aliphatic rings. The van der Waals surface area contributed by atoms with Crippen LogP contribution in [0.25, 0.3) is 0 Å². The average Bonchev–Trinajstić information content (AvgIpc) is 2.93. The van der Waals surface area contributed by atoms with Gasteiger partial charge in [-0.1, -0.05) is 12.8 Å². The third kappa shape index (κ3) is 6.61. The summed E-state index contributed by atoms with van der Waals surface area (Å²) in [6, 6.07) is 0. The second kappa shape index (κ2) is 11.6. The van der Waals surface area contributed by atoms with Crippen LogP contribution in [0.5, 0.6) is 0 Å². The van der Waals surface area contributed by atoms with Crippen molar-refractivity contribution in [1.29, 1.82) is 0 Å². The third-order valence-corrected chi connectivity index (χ3v) is 4.08. The first kappa shape index (κ1) is 20.0. The first-order valence-corrected chi connectivity index (χ1v) is 7.89. The Labute approximate surface area is 141 Å². The van der Waals surface area contributed by atoms with E-state index < -0.39 is 0 Å². The topological polar surface area (TPSA) is 50.9 Å². The number of ether oxygens (including phenoxy) is 1. The van der Waals surface area contributed by atoms with Crippen LogP contribution >= 0.6 is 24.0 Å². The highest BCUT2D eigenvalue weighted by atomic mass is 127. The van der Waals surface area contributed by atoms with Crippen molar-refractivity contribution in [3.8, 4) is 0 Å². The molecule has 1 fully saturated rings. The van der Waals surface area contributed by atoms with E-state index in [0.717, 1.165) is 38.6 Å². The quantitative estimate of drug-likeness (QED) is 0.389. The Kier molecular flexibility index (Phi) is 11.6. The lowest BCUT2D eigenvalue weighted by atomic mass is 9.98. The van der Waals surface area contributed by atoms with Crippen molar-refractivity contribution in [3.05, 3.63) is 0 Å². The molecule has 0 saturated heterocycles. The van der Waals surface area contributed by atoms with Crippen LogP contribution < -0.4 is 5.73 Å². The van der Waals surface area contributed by atoms with E-state index in [1.807, 2.05) is 0 Å². The molecule has 0 aromatic rings. The van der Waals surface area contributed by atoms with Crippen molar-refractivity contribution < 1.29 is 4.74 Å². The van der Waals surface area contributed by atoms with Gasteiger partial charge in [-0.3, -0.25) is 4.99 Å². The van der Waals surface area contributed by atoms with Crippen molar-refractivity contribution in [2.75, 3.05) is 26.2 Å². The van der Waals surface area contributed by atoms with Crippen molar-refractivity contribution in [2.45, 2.75) is 59.0 Å². The third-order valence-electron chi connectivity index (χ3n) is 4.08. The molecular weight excluding hydrogens is 365 g/mol. The summed E-state index contributed by atoms with van der Waals surface area (Å²) in [6.07, 6.45) is 6.74. The molecule has 1 unspecified atom stereocenters. The molecule has 0 aliphatic heterocycles. The predicted octanol–water partition coefficient (Wildman–Crippen LogP) is 3.25. The molecule has 1 atom stereocenters. The molecule has 5 heteroatoms. The van der Waals surface area contributed by atoms with Gasteiger partial charge in [0, 0.05) is 26.2 Å². The zero-order valence-corrected chi connectivity index (χ0v) is 15.6. The summed E-state index contributed by atoms with van der Waals surface area (Å²) in [5, 5.41) is 0. The molecule has 0 amide bonds. The molecule has 1 aliphatic carbocycles. The molecular formula is C15H32IN3O. The minimum atomic E-state index is 0. The summed E-state index contributed by atoms with van der Waals surface area (Å²) in [4.78, 5) is 6.59. The SMILES string of the molecule is CCOC(CCN=C(N)N(CC)CC)C1CCCC1.I. The highest BCUT2D eigenvalue weighted by Gasteiger charge is 2.24. The fraction of sp³-hybridized carbons (Fsp3) is 0.933. The smallest absolute Gasteiger partial charge is 0.191 e. The molecule has 0 bridgehead atoms. The van der Waals surface area contributed by atoms with Gasteiger partial charge < -0.3 is 15.4 Å². The minimum absolute atomic E-state index is 0. The zero-order valence-electron chi connectivity index (χ0n) is 13.3. The second-order valence-corrected chi connectivity index (χ2v) is 5.24. The maximum Gasteiger partial charge on any atom is 0.191 e. The van der Waals surface area contributed by atoms with Gasteiger partial charge in [-0.05, 0) is 46.0 Å². The van der Waals surface area contributed by atoms with Gasteiger partial charge in [0.25, 0.3) is 0 Å². The first-order chi connectivity index (χ1) is 9.22. The van der Waals surface area contributed by atoms with Crippen LogP contribution in [0.15, 0.2) is 4.99 Å². The predicted molar refractivity (Wildman–Crippen MR) is 96.8 cm³/mol. The van der Waals surface area contributed by atoms with Crippen LogP contribution in [0.4, 0.5) is 0 Å². The van der Waals surface area contributed by atoms with E-state index in [1.54, 1.807) is 0 Å². The Morgan fingerprint density at radius 3 is 2.35 bits per heavy atom. The number of hydrogen-bond acceptors (Lipinski definition) is 2. The van der Waals surface area contributed by atoms with Gasteiger partial charge in [-0.15, -0.1) is 24.0 Å². The number of guanidine groups is 1. The monoisotopic (exact) mass is 397 g/mol. The van der Waals surface area contributed by atoms with Gasteiger partial charge in [-0.2, -0.15) is 0 Å². The molecule has 4 nitrogen and oxygen atoms in total. The van der Waals surface area contributed by atoms with Crippen molar-refractivity contribution >= 4 is 29.9 Å². The summed E-state index contributed by atoms with van der Waals surface area (Å²) < 4.78 is 5.90. The van der Waals surface area contributed by atoms with E-state index in [-0.39, 0.29) is 24.0 Å². The van der Waals surface area contributed by atoms with Crippen LogP contribution in [0, 0.1) is 5.92 Å². The molecule has 2 N–H and O–H groups in total. The molecule has 20 heavy (non-hydrogen) atoms. The van der Waals surface area contributed by atoms with E-state index in [9.17, 15) is 0 Å². The van der Waals surface area contributed by atoms with Crippen LogP contribution in [-0.2, 0) is 4.74 Å². The Bertz CT molecular complexity index is 264. The number of hydrogen-bond donors (Lipinski definition) is 1. The lowest BCUT2D eigenvalue weighted by Gasteiger charge is -2.23. The van der Waals surface area contributed by atoms with Crippen LogP contribution in [0.3, 0.4) is 0 Å². The van der Waals surface area contributed by atoms with E-state index in [2.05, 4.69) is 30.7 Å². The molecule has 120 valence electrons. The van der Waals surface area contributed by atoms with Crippen molar-refractivity contribution in [1.82, 2.24) is 4.90 Å². The fourth-order valence-electron chi connectivity index (χ4n) is 2.95. The van der Waals surface area contributed by atoms with Crippen molar-refractivity contribution in [2.24, 2.45) is 16.6 Å². The number of aliphatic imine (C=N–C) groups is 1. The van der Waals surface area contributed by atoms with Gasteiger partial charge in [0.1, 0.15) is 0 Å².